The molecule has 0 aliphatic carbocycles. The van der Waals surface area contributed by atoms with Crippen molar-refractivity contribution in [1.29, 1.82) is 0 Å². The van der Waals surface area contributed by atoms with Crippen LogP contribution in [0.5, 0.6) is 5.75 Å². The van der Waals surface area contributed by atoms with Gasteiger partial charge in [-0.25, -0.2) is 0 Å². The van der Waals surface area contributed by atoms with Crippen LogP contribution in [0, 0.1) is 0 Å². The summed E-state index contributed by atoms with van der Waals surface area (Å²) in [6.07, 6.45) is 0.300. The van der Waals surface area contributed by atoms with Gasteiger partial charge in [0.05, 0.1) is 30.9 Å². The summed E-state index contributed by atoms with van der Waals surface area (Å²) < 4.78 is 10.7. The van der Waals surface area contributed by atoms with E-state index in [0.29, 0.717) is 23.0 Å². The normalized spacial score (nSPS) is 22.9. The number of rotatable bonds is 4. The van der Waals surface area contributed by atoms with Gasteiger partial charge in [-0.3, -0.25) is 9.69 Å². The van der Waals surface area contributed by atoms with Crippen molar-refractivity contribution in [2.24, 2.45) is 0 Å². The third-order valence-corrected chi connectivity index (χ3v) is 3.59. The molecule has 1 fully saturated rings. The molecule has 2 rings (SSSR count). The number of nitrogens with one attached hydrogen (secondary N) is 1. The van der Waals surface area contributed by atoms with Crippen molar-refractivity contribution in [3.63, 3.8) is 0 Å². The number of anilines is 1. The lowest BCUT2D eigenvalue weighted by atomic mass is 10.2. The number of halogens is 1. The van der Waals surface area contributed by atoms with Crippen molar-refractivity contribution < 1.29 is 14.3 Å². The van der Waals surface area contributed by atoms with Gasteiger partial charge in [-0.05, 0) is 32.0 Å². The van der Waals surface area contributed by atoms with Crippen molar-refractivity contribution in [2.75, 3.05) is 32.1 Å². The molecule has 1 amide bonds. The zero-order valence-electron chi connectivity index (χ0n) is 12.6. The quantitative estimate of drug-likeness (QED) is 0.927. The highest BCUT2D eigenvalue weighted by molar-refractivity contribution is 6.32. The molecule has 1 heterocycles. The first-order chi connectivity index (χ1) is 9.97. The molecule has 6 heteroatoms. The number of amides is 1. The molecule has 116 valence electrons. The summed E-state index contributed by atoms with van der Waals surface area (Å²) in [7, 11) is 1.56. The molecular formula is C15H21ClN2O3. The average molecular weight is 313 g/mol. The molecule has 5 nitrogen and oxygen atoms in total. The van der Waals surface area contributed by atoms with E-state index in [9.17, 15) is 4.79 Å². The Bertz CT molecular complexity index is 500. The van der Waals surface area contributed by atoms with Gasteiger partial charge in [0, 0.05) is 18.8 Å². The van der Waals surface area contributed by atoms with Gasteiger partial charge in [0.15, 0.2) is 0 Å². The molecule has 2 atom stereocenters. The highest BCUT2D eigenvalue weighted by Gasteiger charge is 2.23. The Morgan fingerprint density at radius 3 is 2.67 bits per heavy atom. The first-order valence-corrected chi connectivity index (χ1v) is 7.37. The number of ether oxygens (including phenoxy) is 2. The van der Waals surface area contributed by atoms with Crippen molar-refractivity contribution in [1.82, 2.24) is 4.90 Å². The molecule has 1 aromatic rings. The minimum absolute atomic E-state index is 0.0578. The first kappa shape index (κ1) is 16.1. The fourth-order valence-electron chi connectivity index (χ4n) is 2.56. The molecule has 2 unspecified atom stereocenters. The molecule has 1 saturated heterocycles. The average Bonchev–Trinajstić information content (AvgIpc) is 2.37. The summed E-state index contributed by atoms with van der Waals surface area (Å²) in [6, 6.07) is 5.19. The maximum atomic E-state index is 12.1. The third-order valence-electron chi connectivity index (χ3n) is 3.30. The van der Waals surface area contributed by atoms with Crippen LogP contribution in [0.15, 0.2) is 18.2 Å². The van der Waals surface area contributed by atoms with Crippen LogP contribution in [-0.2, 0) is 9.53 Å². The zero-order chi connectivity index (χ0) is 15.4. The van der Waals surface area contributed by atoms with Crippen LogP contribution in [0.2, 0.25) is 5.02 Å². The SMILES string of the molecule is COc1ccc(NC(=O)CN2CC(C)OC(C)C2)cc1Cl. The number of carbonyl (C=O) groups excluding carboxylic acids is 1. The largest absolute Gasteiger partial charge is 0.495 e. The Morgan fingerprint density at radius 1 is 1.43 bits per heavy atom. The van der Waals surface area contributed by atoms with Gasteiger partial charge in [0.25, 0.3) is 0 Å². The van der Waals surface area contributed by atoms with Gasteiger partial charge in [0.2, 0.25) is 5.91 Å². The molecule has 0 bridgehead atoms. The summed E-state index contributed by atoms with van der Waals surface area (Å²) in [6.45, 7) is 5.91. The van der Waals surface area contributed by atoms with Crippen LogP contribution in [0.3, 0.4) is 0 Å². The Kier molecular flexibility index (Phi) is 5.45. The lowest BCUT2D eigenvalue weighted by Gasteiger charge is -2.34. The molecule has 1 aliphatic heterocycles. The zero-order valence-corrected chi connectivity index (χ0v) is 13.3. The second-order valence-electron chi connectivity index (χ2n) is 5.35. The predicted octanol–water partition coefficient (Wildman–Crippen LogP) is 2.40. The number of morpholine rings is 1. The van der Waals surface area contributed by atoms with Crippen LogP contribution in [0.4, 0.5) is 5.69 Å². The van der Waals surface area contributed by atoms with E-state index in [4.69, 9.17) is 21.1 Å². The lowest BCUT2D eigenvalue weighted by molar-refractivity contribution is -0.121. The number of methoxy groups -OCH3 is 1. The van der Waals surface area contributed by atoms with E-state index >= 15 is 0 Å². The Hall–Kier alpha value is -1.30. The number of hydrogen-bond acceptors (Lipinski definition) is 4. The topological polar surface area (TPSA) is 50.8 Å². The van der Waals surface area contributed by atoms with E-state index in [0.717, 1.165) is 13.1 Å². The molecular weight excluding hydrogens is 292 g/mol. The van der Waals surface area contributed by atoms with Gasteiger partial charge >= 0.3 is 0 Å². The second-order valence-corrected chi connectivity index (χ2v) is 5.76. The minimum Gasteiger partial charge on any atom is -0.495 e. The smallest absolute Gasteiger partial charge is 0.238 e. The molecule has 0 saturated carbocycles. The monoisotopic (exact) mass is 312 g/mol. The maximum Gasteiger partial charge on any atom is 0.238 e. The Labute approximate surface area is 130 Å². The summed E-state index contributed by atoms with van der Waals surface area (Å²) in [5, 5.41) is 3.33. The highest BCUT2D eigenvalue weighted by atomic mass is 35.5. The molecule has 1 N–H and O–H groups in total. The number of carbonyl (C=O) groups is 1. The van der Waals surface area contributed by atoms with Gasteiger partial charge in [-0.15, -0.1) is 0 Å². The molecule has 0 aromatic heterocycles. The standard InChI is InChI=1S/C15H21ClN2O3/c1-10-7-18(8-11(2)21-10)9-15(19)17-12-4-5-14(20-3)13(16)6-12/h4-6,10-11H,7-9H2,1-3H3,(H,17,19). The molecule has 1 aromatic carbocycles. The van der Waals surface area contributed by atoms with E-state index in [1.54, 1.807) is 25.3 Å². The number of nitrogens with zero attached hydrogens (tertiary/aromatic N) is 1. The minimum atomic E-state index is -0.0578. The van der Waals surface area contributed by atoms with Crippen molar-refractivity contribution in [3.8, 4) is 5.75 Å². The number of hydrogen-bond donors (Lipinski definition) is 1. The van der Waals surface area contributed by atoms with E-state index in [-0.39, 0.29) is 18.1 Å². The Morgan fingerprint density at radius 2 is 2.10 bits per heavy atom. The van der Waals surface area contributed by atoms with E-state index in [2.05, 4.69) is 10.2 Å². The van der Waals surface area contributed by atoms with Gasteiger partial charge < -0.3 is 14.8 Å². The summed E-state index contributed by atoms with van der Waals surface area (Å²) in [4.78, 5) is 14.2. The molecule has 0 radical (unpaired) electrons. The van der Waals surface area contributed by atoms with Crippen LogP contribution in [0.25, 0.3) is 0 Å². The summed E-state index contributed by atoms with van der Waals surface area (Å²) in [5.41, 5.74) is 0.667. The molecule has 0 spiro atoms. The Balaban J connectivity index is 1.91. The number of benzene rings is 1. The predicted molar refractivity (Wildman–Crippen MR) is 83.1 cm³/mol. The molecule has 21 heavy (non-hydrogen) atoms. The van der Waals surface area contributed by atoms with Crippen molar-refractivity contribution >= 4 is 23.2 Å². The van der Waals surface area contributed by atoms with Gasteiger partial charge in [-0.2, -0.15) is 0 Å². The maximum absolute atomic E-state index is 12.1. The second kappa shape index (κ2) is 7.11. The van der Waals surface area contributed by atoms with Crippen LogP contribution in [0.1, 0.15) is 13.8 Å². The first-order valence-electron chi connectivity index (χ1n) is 6.99. The van der Waals surface area contributed by atoms with Crippen LogP contribution >= 0.6 is 11.6 Å². The van der Waals surface area contributed by atoms with Crippen LogP contribution < -0.4 is 10.1 Å². The summed E-state index contributed by atoms with van der Waals surface area (Å²) in [5.74, 6) is 0.531. The van der Waals surface area contributed by atoms with E-state index < -0.39 is 0 Å². The fourth-order valence-corrected chi connectivity index (χ4v) is 2.82. The summed E-state index contributed by atoms with van der Waals surface area (Å²) >= 11 is 6.04. The van der Waals surface area contributed by atoms with Crippen molar-refractivity contribution in [2.45, 2.75) is 26.1 Å². The van der Waals surface area contributed by atoms with E-state index in [1.165, 1.54) is 0 Å². The van der Waals surface area contributed by atoms with Gasteiger partial charge in [-0.1, -0.05) is 11.6 Å². The lowest BCUT2D eigenvalue weighted by Crippen LogP contribution is -2.48. The van der Waals surface area contributed by atoms with Gasteiger partial charge in [0.1, 0.15) is 5.75 Å². The highest BCUT2D eigenvalue weighted by Crippen LogP contribution is 2.27. The fraction of sp³-hybridized carbons (Fsp3) is 0.533. The van der Waals surface area contributed by atoms with Crippen LogP contribution in [-0.4, -0.2) is 49.8 Å². The van der Waals surface area contributed by atoms with E-state index in [1.807, 2.05) is 13.8 Å². The third kappa shape index (κ3) is 4.59. The van der Waals surface area contributed by atoms with Crippen molar-refractivity contribution in [3.05, 3.63) is 23.2 Å². The molecule has 1 aliphatic rings.